The van der Waals surface area contributed by atoms with E-state index < -0.39 is 6.29 Å². The molecule has 7 heteroatoms. The Labute approximate surface area is 156 Å². The van der Waals surface area contributed by atoms with Gasteiger partial charge in [-0.3, -0.25) is 4.98 Å². The van der Waals surface area contributed by atoms with Gasteiger partial charge in [0.25, 0.3) is 0 Å². The van der Waals surface area contributed by atoms with Gasteiger partial charge >= 0.3 is 0 Å². The lowest BCUT2D eigenvalue weighted by atomic mass is 10.1. The summed E-state index contributed by atoms with van der Waals surface area (Å²) in [6.45, 7) is 2.04. The maximum atomic E-state index is 13.3. The second-order valence-electron chi connectivity index (χ2n) is 6.51. The number of imidazole rings is 1. The zero-order chi connectivity index (χ0) is 18.6. The molecule has 0 bridgehead atoms. The molecule has 0 amide bonds. The molecule has 1 fully saturated rings. The molecule has 1 aromatic carbocycles. The largest absolute Gasteiger partial charge is 0.345 e. The van der Waals surface area contributed by atoms with Crippen LogP contribution in [-0.4, -0.2) is 41.8 Å². The van der Waals surface area contributed by atoms with Crippen LogP contribution in [0.25, 0.3) is 22.5 Å². The summed E-state index contributed by atoms with van der Waals surface area (Å²) in [5.74, 6) is 0.639. The van der Waals surface area contributed by atoms with Crippen molar-refractivity contribution in [1.29, 1.82) is 0 Å². The van der Waals surface area contributed by atoms with Crippen molar-refractivity contribution in [3.8, 4) is 22.5 Å². The molecule has 3 heterocycles. The van der Waals surface area contributed by atoms with Gasteiger partial charge < -0.3 is 19.8 Å². The fourth-order valence-corrected chi connectivity index (χ4v) is 3.15. The van der Waals surface area contributed by atoms with E-state index in [4.69, 9.17) is 14.5 Å². The van der Waals surface area contributed by atoms with E-state index in [2.05, 4.69) is 15.3 Å². The lowest BCUT2D eigenvalue weighted by Crippen LogP contribution is -2.33. The Morgan fingerprint density at radius 1 is 1.07 bits per heavy atom. The van der Waals surface area contributed by atoms with Crippen LogP contribution in [0.15, 0.2) is 48.8 Å². The molecular weight excluding hydrogens is 347 g/mol. The van der Waals surface area contributed by atoms with Gasteiger partial charge in [0.15, 0.2) is 5.82 Å². The average molecular weight is 368 g/mol. The molecule has 1 saturated heterocycles. The second-order valence-corrected chi connectivity index (χ2v) is 6.51. The minimum Gasteiger partial charge on any atom is -0.345 e. The molecule has 2 aromatic heterocycles. The molecule has 0 atom stereocenters. The summed E-state index contributed by atoms with van der Waals surface area (Å²) in [5.41, 5.74) is 3.30. The molecule has 0 radical (unpaired) electrons. The standard InChI is InChI=1S/C20H21FN4O2/c1-22-10-13-11-26-20(27-12-13)19-24-17(14-2-4-16(21)5-3-14)18(25-19)15-6-8-23-9-7-15/h2-9,13,20,22H,10-12H2,1H3,(H,24,25). The number of aromatic amines is 1. The minimum absolute atomic E-state index is 0.279. The smallest absolute Gasteiger partial charge is 0.217 e. The number of benzene rings is 1. The molecule has 140 valence electrons. The van der Waals surface area contributed by atoms with Crippen molar-refractivity contribution in [3.05, 3.63) is 60.4 Å². The van der Waals surface area contributed by atoms with Crippen LogP contribution in [0.2, 0.25) is 0 Å². The van der Waals surface area contributed by atoms with Crippen molar-refractivity contribution >= 4 is 0 Å². The molecule has 4 rings (SSSR count). The summed E-state index contributed by atoms with van der Waals surface area (Å²) in [6.07, 6.45) is 2.88. The van der Waals surface area contributed by atoms with Crippen molar-refractivity contribution in [2.24, 2.45) is 5.92 Å². The predicted octanol–water partition coefficient (Wildman–Crippen LogP) is 3.16. The fraction of sp³-hybridized carbons (Fsp3) is 0.300. The van der Waals surface area contributed by atoms with E-state index in [1.165, 1.54) is 12.1 Å². The van der Waals surface area contributed by atoms with Crippen molar-refractivity contribution in [2.45, 2.75) is 6.29 Å². The quantitative estimate of drug-likeness (QED) is 0.724. The number of nitrogens with one attached hydrogen (secondary N) is 2. The summed E-state index contributed by atoms with van der Waals surface area (Å²) in [5, 5.41) is 3.13. The third kappa shape index (κ3) is 3.90. The summed E-state index contributed by atoms with van der Waals surface area (Å²) < 4.78 is 25.1. The van der Waals surface area contributed by atoms with Crippen LogP contribution >= 0.6 is 0 Å². The number of hydrogen-bond acceptors (Lipinski definition) is 5. The van der Waals surface area contributed by atoms with Crippen molar-refractivity contribution < 1.29 is 13.9 Å². The number of aromatic nitrogens is 3. The molecule has 6 nitrogen and oxygen atoms in total. The van der Waals surface area contributed by atoms with E-state index in [1.807, 2.05) is 19.2 Å². The molecule has 0 saturated carbocycles. The number of rotatable bonds is 5. The van der Waals surface area contributed by atoms with E-state index in [9.17, 15) is 4.39 Å². The number of H-pyrrole nitrogens is 1. The van der Waals surface area contributed by atoms with Crippen molar-refractivity contribution in [3.63, 3.8) is 0 Å². The van der Waals surface area contributed by atoms with E-state index in [0.29, 0.717) is 25.0 Å². The Bertz CT molecular complexity index is 875. The number of halogens is 1. The predicted molar refractivity (Wildman–Crippen MR) is 99.3 cm³/mol. The van der Waals surface area contributed by atoms with Gasteiger partial charge in [-0.05, 0) is 43.4 Å². The number of hydrogen-bond donors (Lipinski definition) is 2. The van der Waals surface area contributed by atoms with Crippen LogP contribution < -0.4 is 5.32 Å². The van der Waals surface area contributed by atoms with Gasteiger partial charge in [-0.15, -0.1) is 0 Å². The van der Waals surface area contributed by atoms with Crippen LogP contribution in [0, 0.1) is 11.7 Å². The third-order valence-electron chi connectivity index (χ3n) is 4.49. The monoisotopic (exact) mass is 368 g/mol. The summed E-state index contributed by atoms with van der Waals surface area (Å²) in [4.78, 5) is 12.1. The van der Waals surface area contributed by atoms with Crippen LogP contribution in [0.5, 0.6) is 0 Å². The van der Waals surface area contributed by atoms with E-state index in [-0.39, 0.29) is 5.82 Å². The molecule has 0 unspecified atom stereocenters. The highest BCUT2D eigenvalue weighted by Crippen LogP contribution is 2.33. The first-order valence-corrected chi connectivity index (χ1v) is 8.88. The second kappa shape index (κ2) is 7.96. The SMILES string of the molecule is CNCC1COC(c2nc(-c3ccncc3)c(-c3ccc(F)cc3)[nH]2)OC1. The van der Waals surface area contributed by atoms with Crippen LogP contribution in [0.3, 0.4) is 0 Å². The molecule has 3 aromatic rings. The van der Waals surface area contributed by atoms with Crippen LogP contribution in [0.4, 0.5) is 4.39 Å². The summed E-state index contributed by atoms with van der Waals surface area (Å²) in [7, 11) is 1.91. The Morgan fingerprint density at radius 3 is 2.44 bits per heavy atom. The molecular formula is C20H21FN4O2. The van der Waals surface area contributed by atoms with E-state index >= 15 is 0 Å². The molecule has 0 spiro atoms. The molecule has 0 aliphatic carbocycles. The maximum absolute atomic E-state index is 13.3. The van der Waals surface area contributed by atoms with E-state index in [0.717, 1.165) is 29.1 Å². The highest BCUT2D eigenvalue weighted by atomic mass is 19.1. The first-order chi connectivity index (χ1) is 13.2. The Balaban J connectivity index is 1.67. The number of ether oxygens (including phenoxy) is 2. The fourth-order valence-electron chi connectivity index (χ4n) is 3.15. The molecule has 27 heavy (non-hydrogen) atoms. The zero-order valence-electron chi connectivity index (χ0n) is 15.0. The highest BCUT2D eigenvalue weighted by Gasteiger charge is 2.27. The Hall–Kier alpha value is -2.61. The van der Waals surface area contributed by atoms with Gasteiger partial charge in [-0.25, -0.2) is 9.37 Å². The summed E-state index contributed by atoms with van der Waals surface area (Å²) >= 11 is 0. The zero-order valence-corrected chi connectivity index (χ0v) is 15.0. The van der Waals surface area contributed by atoms with Crippen molar-refractivity contribution in [2.75, 3.05) is 26.8 Å². The lowest BCUT2D eigenvalue weighted by Gasteiger charge is -2.28. The highest BCUT2D eigenvalue weighted by molar-refractivity contribution is 5.78. The minimum atomic E-state index is -0.548. The maximum Gasteiger partial charge on any atom is 0.217 e. The van der Waals surface area contributed by atoms with E-state index in [1.54, 1.807) is 24.5 Å². The number of nitrogens with zero attached hydrogens (tertiary/aromatic N) is 2. The average Bonchev–Trinajstić information content (AvgIpc) is 3.15. The Morgan fingerprint density at radius 2 is 1.78 bits per heavy atom. The van der Waals surface area contributed by atoms with Gasteiger partial charge in [0.05, 0.1) is 24.6 Å². The van der Waals surface area contributed by atoms with Gasteiger partial charge in [-0.1, -0.05) is 0 Å². The van der Waals surface area contributed by atoms with Gasteiger partial charge in [0, 0.05) is 36.0 Å². The van der Waals surface area contributed by atoms with Gasteiger partial charge in [-0.2, -0.15) is 0 Å². The van der Waals surface area contributed by atoms with Gasteiger partial charge in [0.2, 0.25) is 6.29 Å². The van der Waals surface area contributed by atoms with Crippen LogP contribution in [0.1, 0.15) is 12.1 Å². The van der Waals surface area contributed by atoms with Crippen molar-refractivity contribution in [1.82, 2.24) is 20.3 Å². The molecule has 2 N–H and O–H groups in total. The lowest BCUT2D eigenvalue weighted by molar-refractivity contribution is -0.207. The first kappa shape index (κ1) is 17.8. The summed E-state index contributed by atoms with van der Waals surface area (Å²) in [6, 6.07) is 10.1. The molecule has 1 aliphatic heterocycles. The number of pyridine rings is 1. The Kier molecular flexibility index (Phi) is 5.24. The van der Waals surface area contributed by atoms with Crippen LogP contribution in [-0.2, 0) is 9.47 Å². The topological polar surface area (TPSA) is 72.1 Å². The normalized spacial score (nSPS) is 19.9. The van der Waals surface area contributed by atoms with Gasteiger partial charge in [0.1, 0.15) is 5.82 Å². The first-order valence-electron chi connectivity index (χ1n) is 8.88. The molecule has 1 aliphatic rings. The third-order valence-corrected chi connectivity index (χ3v) is 4.49.